The van der Waals surface area contributed by atoms with Crippen molar-refractivity contribution >= 4 is 58.0 Å². The summed E-state index contributed by atoms with van der Waals surface area (Å²) in [6.45, 7) is 0. The van der Waals surface area contributed by atoms with Gasteiger partial charge < -0.3 is 9.97 Å². The molecule has 2 aliphatic rings. The summed E-state index contributed by atoms with van der Waals surface area (Å²) in [5.41, 5.74) is 7.86. The van der Waals surface area contributed by atoms with Gasteiger partial charge in [0, 0.05) is 38.6 Å². The maximum Gasteiger partial charge on any atom is 0.0659 e. The van der Waals surface area contributed by atoms with Gasteiger partial charge in [-0.2, -0.15) is 30.3 Å². The van der Waals surface area contributed by atoms with E-state index in [1.54, 1.807) is 24.3 Å². The number of hydrogen-bond donors (Lipinski definition) is 2. The standard InChI is InChI=1S/C20H14N4.C6H4Cl.Ni/c1-2-14-10-16-5-6-18(23-16)12-20-8-7-19(24-20)11-17-4-3-15(22-17)9-13(1)21-14;7-6-4-2-1-3-5-6;/h1-12,21-22H;2-5H;/q;-1;. The van der Waals surface area contributed by atoms with Crippen molar-refractivity contribution in [1.82, 2.24) is 19.9 Å². The SMILES string of the molecule is C1=Cc2cc3ccc(cc4ccc(cc5nc(cc1n2)C=C5)[nH]4)[nH]3.Clc1cc[c-]cc1.[Ni]. The van der Waals surface area contributed by atoms with Crippen molar-refractivity contribution < 1.29 is 16.5 Å². The van der Waals surface area contributed by atoms with Crippen molar-refractivity contribution in [3.63, 3.8) is 0 Å². The second kappa shape index (κ2) is 9.82. The number of halogens is 1. The third-order valence-corrected chi connectivity index (χ3v) is 4.97. The van der Waals surface area contributed by atoms with Gasteiger partial charge in [-0.05, 0) is 72.8 Å². The molecular weight excluding hydrogens is 462 g/mol. The molecule has 2 N–H and O–H groups in total. The van der Waals surface area contributed by atoms with Crippen LogP contribution < -0.4 is 0 Å². The zero-order valence-electron chi connectivity index (χ0n) is 16.8. The number of fused-ring (bicyclic) bond motifs is 8. The average Bonchev–Trinajstić information content (AvgIpc) is 3.55. The molecule has 6 rings (SSSR count). The summed E-state index contributed by atoms with van der Waals surface area (Å²) >= 11 is 5.52. The summed E-state index contributed by atoms with van der Waals surface area (Å²) in [5.74, 6) is 0. The normalized spacial score (nSPS) is 11.4. The molecule has 0 saturated heterocycles. The largest absolute Gasteiger partial charge is 0.355 e. The molecular formula is C26H18ClN4Ni-. The molecule has 0 fully saturated rings. The summed E-state index contributed by atoms with van der Waals surface area (Å²) in [7, 11) is 0. The fraction of sp³-hybridized carbons (Fsp3) is 0. The van der Waals surface area contributed by atoms with E-state index in [1.165, 1.54) is 0 Å². The van der Waals surface area contributed by atoms with Crippen LogP contribution in [0, 0.1) is 6.07 Å². The van der Waals surface area contributed by atoms with Crippen LogP contribution in [0.1, 0.15) is 22.8 Å². The predicted molar refractivity (Wildman–Crippen MR) is 129 cm³/mol. The van der Waals surface area contributed by atoms with Crippen molar-refractivity contribution in [3.8, 4) is 0 Å². The predicted octanol–water partition coefficient (Wildman–Crippen LogP) is 6.79. The van der Waals surface area contributed by atoms with Crippen molar-refractivity contribution in [1.29, 1.82) is 0 Å². The van der Waals surface area contributed by atoms with E-state index in [-0.39, 0.29) is 16.5 Å². The first kappa shape index (κ1) is 21.8. The third-order valence-electron chi connectivity index (χ3n) is 4.72. The zero-order valence-corrected chi connectivity index (χ0v) is 18.6. The van der Waals surface area contributed by atoms with E-state index in [2.05, 4.69) is 56.3 Å². The minimum absolute atomic E-state index is 0. The fourth-order valence-corrected chi connectivity index (χ4v) is 3.44. The number of rotatable bonds is 0. The number of aromatic amines is 2. The van der Waals surface area contributed by atoms with Gasteiger partial charge in [0.05, 0.1) is 22.8 Å². The van der Waals surface area contributed by atoms with Crippen LogP contribution in [0.3, 0.4) is 0 Å². The minimum Gasteiger partial charge on any atom is -0.355 e. The first-order valence-corrected chi connectivity index (χ1v) is 10.2. The van der Waals surface area contributed by atoms with Crippen LogP contribution in [-0.2, 0) is 16.5 Å². The molecule has 3 aromatic heterocycles. The van der Waals surface area contributed by atoms with E-state index < -0.39 is 0 Å². The number of H-pyrrole nitrogens is 2. The Kier molecular flexibility index (Phi) is 6.70. The summed E-state index contributed by atoms with van der Waals surface area (Å²) < 4.78 is 0. The Labute approximate surface area is 200 Å². The molecule has 160 valence electrons. The summed E-state index contributed by atoms with van der Waals surface area (Å²) in [5, 5.41) is 0.763. The third kappa shape index (κ3) is 5.44. The Bertz CT molecular complexity index is 1360. The Balaban J connectivity index is 0.000000265. The topological polar surface area (TPSA) is 57.4 Å². The monoisotopic (exact) mass is 479 g/mol. The molecule has 0 spiro atoms. The van der Waals surface area contributed by atoms with Gasteiger partial charge in [-0.15, -0.1) is 11.6 Å². The number of benzene rings is 1. The summed E-state index contributed by atoms with van der Waals surface area (Å²) in [6, 6.07) is 26.4. The summed E-state index contributed by atoms with van der Waals surface area (Å²) in [6.07, 6.45) is 8.05. The smallest absolute Gasteiger partial charge is 0.0659 e. The van der Waals surface area contributed by atoms with Gasteiger partial charge in [0.1, 0.15) is 0 Å². The maximum atomic E-state index is 5.52. The molecule has 4 nitrogen and oxygen atoms in total. The molecule has 0 saturated carbocycles. The van der Waals surface area contributed by atoms with Crippen molar-refractivity contribution in [2.24, 2.45) is 0 Å². The fourth-order valence-electron chi connectivity index (χ4n) is 3.31. The molecule has 1 aromatic carbocycles. The molecule has 0 amide bonds. The van der Waals surface area contributed by atoms with Gasteiger partial charge in [0.15, 0.2) is 0 Å². The number of nitrogens with zero attached hydrogens (tertiary/aromatic N) is 2. The van der Waals surface area contributed by atoms with Crippen LogP contribution in [0.25, 0.3) is 46.4 Å². The number of hydrogen-bond acceptors (Lipinski definition) is 2. The quantitative estimate of drug-likeness (QED) is 0.186. The van der Waals surface area contributed by atoms with Crippen LogP contribution in [0.5, 0.6) is 0 Å². The van der Waals surface area contributed by atoms with Gasteiger partial charge in [-0.3, -0.25) is 0 Å². The average molecular weight is 481 g/mol. The molecule has 2 aliphatic heterocycles. The van der Waals surface area contributed by atoms with E-state index in [0.717, 1.165) is 49.9 Å². The van der Waals surface area contributed by atoms with Gasteiger partial charge in [0.2, 0.25) is 0 Å². The molecule has 0 radical (unpaired) electrons. The Morgan fingerprint density at radius 1 is 0.562 bits per heavy atom. The van der Waals surface area contributed by atoms with Gasteiger partial charge in [-0.25, -0.2) is 9.97 Å². The van der Waals surface area contributed by atoms with E-state index >= 15 is 0 Å². The molecule has 6 heteroatoms. The van der Waals surface area contributed by atoms with Crippen LogP contribution in [0.15, 0.2) is 72.8 Å². The van der Waals surface area contributed by atoms with Crippen LogP contribution in [-0.4, -0.2) is 19.9 Å². The first-order valence-electron chi connectivity index (χ1n) is 9.86. The second-order valence-corrected chi connectivity index (χ2v) is 7.56. The van der Waals surface area contributed by atoms with Crippen molar-refractivity contribution in [2.45, 2.75) is 0 Å². The summed E-state index contributed by atoms with van der Waals surface area (Å²) in [4.78, 5) is 16.0. The van der Waals surface area contributed by atoms with Crippen molar-refractivity contribution in [2.75, 3.05) is 0 Å². The number of nitrogens with one attached hydrogen (secondary N) is 2. The molecule has 0 aliphatic carbocycles. The Morgan fingerprint density at radius 3 is 1.38 bits per heavy atom. The zero-order chi connectivity index (χ0) is 21.0. The van der Waals surface area contributed by atoms with E-state index in [1.807, 2.05) is 42.5 Å². The second-order valence-electron chi connectivity index (χ2n) is 7.12. The number of aromatic nitrogens is 4. The van der Waals surface area contributed by atoms with E-state index in [9.17, 15) is 0 Å². The van der Waals surface area contributed by atoms with Gasteiger partial charge in [-0.1, -0.05) is 5.02 Å². The first-order chi connectivity index (χ1) is 15.2. The molecule has 8 bridgehead atoms. The van der Waals surface area contributed by atoms with Crippen LogP contribution in [0.4, 0.5) is 0 Å². The Hall–Kier alpha value is -3.40. The molecule has 0 atom stereocenters. The molecule has 5 heterocycles. The maximum absolute atomic E-state index is 5.52. The van der Waals surface area contributed by atoms with Gasteiger partial charge >= 0.3 is 0 Å². The minimum atomic E-state index is 0. The molecule has 0 unspecified atom stereocenters. The molecule has 4 aromatic rings. The van der Waals surface area contributed by atoms with Crippen LogP contribution >= 0.6 is 11.6 Å². The van der Waals surface area contributed by atoms with E-state index in [4.69, 9.17) is 11.6 Å². The molecule has 32 heavy (non-hydrogen) atoms. The van der Waals surface area contributed by atoms with Crippen molar-refractivity contribution in [3.05, 3.63) is 107 Å². The Morgan fingerprint density at radius 2 is 0.969 bits per heavy atom. The van der Waals surface area contributed by atoms with E-state index in [0.29, 0.717) is 0 Å². The van der Waals surface area contributed by atoms with Gasteiger partial charge in [0.25, 0.3) is 0 Å². The van der Waals surface area contributed by atoms with Crippen LogP contribution in [0.2, 0.25) is 5.02 Å².